The van der Waals surface area contributed by atoms with Gasteiger partial charge in [0.05, 0.1) is 11.7 Å². The number of carbonyl (C=O) groups is 2. The lowest BCUT2D eigenvalue weighted by atomic mass is 10.0. The lowest BCUT2D eigenvalue weighted by molar-refractivity contribution is -0.123. The molecule has 0 bridgehead atoms. The average molecular weight is 364 g/mol. The molecule has 128 valence electrons. The number of hydrogen-bond acceptors (Lipinski definition) is 5. The van der Waals surface area contributed by atoms with Crippen molar-refractivity contribution in [2.75, 3.05) is 7.05 Å². The van der Waals surface area contributed by atoms with Crippen LogP contribution in [0.3, 0.4) is 0 Å². The number of nitrogens with zero attached hydrogens (tertiary/aromatic N) is 3. The second-order valence-corrected chi connectivity index (χ2v) is 5.59. The first-order valence-corrected chi connectivity index (χ1v) is 7.48. The largest absolute Gasteiger partial charge is 0.352 e. The van der Waals surface area contributed by atoms with E-state index >= 15 is 0 Å². The number of amides is 2. The molecular weight excluding hydrogens is 353 g/mol. The van der Waals surface area contributed by atoms with Gasteiger partial charge in [0.25, 0.3) is 5.91 Å². The molecule has 0 spiro atoms. The summed E-state index contributed by atoms with van der Waals surface area (Å²) in [5.74, 6) is -1.75. The van der Waals surface area contributed by atoms with Crippen LogP contribution in [0.2, 0.25) is 5.02 Å². The van der Waals surface area contributed by atoms with Gasteiger partial charge in [-0.05, 0) is 18.2 Å². The molecule has 2 amide bonds. The number of hydrogen-bond donors (Lipinski definition) is 2. The van der Waals surface area contributed by atoms with E-state index in [4.69, 9.17) is 11.6 Å². The lowest BCUT2D eigenvalue weighted by Gasteiger charge is -2.27. The minimum absolute atomic E-state index is 0.0982. The summed E-state index contributed by atoms with van der Waals surface area (Å²) in [4.78, 5) is 42.4. The Morgan fingerprint density at radius 1 is 1.56 bits per heavy atom. The monoisotopic (exact) mass is 363 g/mol. The number of nitrogens with one attached hydrogen (secondary N) is 2. The van der Waals surface area contributed by atoms with Gasteiger partial charge in [-0.15, -0.1) is 4.99 Å². The molecule has 0 aliphatic carbocycles. The third kappa shape index (κ3) is 2.90. The predicted molar refractivity (Wildman–Crippen MR) is 84.8 cm³/mol. The van der Waals surface area contributed by atoms with E-state index < -0.39 is 23.7 Å². The maximum absolute atomic E-state index is 13.7. The SMILES string of the molecule is CNC(=O)c1nc(N=C=O)c2n1CC(=O)NC2c1cc(F)ccc1Cl. The van der Waals surface area contributed by atoms with Crippen LogP contribution in [-0.2, 0) is 16.1 Å². The summed E-state index contributed by atoms with van der Waals surface area (Å²) in [5.41, 5.74) is 0.496. The van der Waals surface area contributed by atoms with E-state index in [1.165, 1.54) is 29.8 Å². The van der Waals surface area contributed by atoms with Gasteiger partial charge in [0.15, 0.2) is 5.82 Å². The molecule has 0 radical (unpaired) electrons. The predicted octanol–water partition coefficient (Wildman–Crippen LogP) is 1.22. The van der Waals surface area contributed by atoms with Crippen LogP contribution in [0.5, 0.6) is 0 Å². The molecule has 1 atom stereocenters. The highest BCUT2D eigenvalue weighted by Gasteiger charge is 2.35. The quantitative estimate of drug-likeness (QED) is 0.631. The van der Waals surface area contributed by atoms with Crippen molar-refractivity contribution in [3.8, 4) is 0 Å². The average Bonchev–Trinajstić information content (AvgIpc) is 2.94. The summed E-state index contributed by atoms with van der Waals surface area (Å²) < 4.78 is 15.0. The second kappa shape index (κ2) is 6.46. The van der Waals surface area contributed by atoms with Crippen molar-refractivity contribution >= 4 is 35.3 Å². The molecule has 1 aliphatic rings. The molecule has 3 rings (SSSR count). The molecule has 2 aromatic rings. The molecule has 1 aromatic carbocycles. The number of aromatic nitrogens is 2. The summed E-state index contributed by atoms with van der Waals surface area (Å²) in [7, 11) is 1.40. The van der Waals surface area contributed by atoms with Gasteiger partial charge in [-0.1, -0.05) is 11.6 Å². The minimum atomic E-state index is -0.928. The number of imidazole rings is 1. The second-order valence-electron chi connectivity index (χ2n) is 5.18. The Labute approximate surface area is 145 Å². The van der Waals surface area contributed by atoms with Crippen molar-refractivity contribution in [2.45, 2.75) is 12.6 Å². The standard InChI is InChI=1S/C15H11ClFN5O3/c1-18-15(25)14-21-13(19-6-23)12-11(20-10(24)5-22(12)14)8-4-7(17)2-3-9(8)16/h2-4,11H,5H2,1H3,(H,18,25)(H,20,24). The maximum atomic E-state index is 13.7. The van der Waals surface area contributed by atoms with E-state index in [0.29, 0.717) is 0 Å². The normalized spacial score (nSPS) is 15.8. The van der Waals surface area contributed by atoms with Crippen LogP contribution in [0.1, 0.15) is 27.9 Å². The third-order valence-electron chi connectivity index (χ3n) is 3.72. The number of halogens is 2. The van der Waals surface area contributed by atoms with Crippen LogP contribution >= 0.6 is 11.6 Å². The zero-order valence-electron chi connectivity index (χ0n) is 12.8. The van der Waals surface area contributed by atoms with Crippen LogP contribution in [0.15, 0.2) is 23.2 Å². The van der Waals surface area contributed by atoms with Crippen molar-refractivity contribution < 1.29 is 18.8 Å². The number of carbonyl (C=O) groups excluding carboxylic acids is 3. The van der Waals surface area contributed by atoms with Crippen molar-refractivity contribution in [1.82, 2.24) is 20.2 Å². The van der Waals surface area contributed by atoms with Crippen LogP contribution in [-0.4, -0.2) is 34.5 Å². The van der Waals surface area contributed by atoms with Gasteiger partial charge in [-0.3, -0.25) is 9.59 Å². The molecular formula is C15H11ClFN5O3. The van der Waals surface area contributed by atoms with Gasteiger partial charge in [-0.2, -0.15) is 0 Å². The summed E-state index contributed by atoms with van der Waals surface area (Å²) in [6.45, 7) is -0.205. The van der Waals surface area contributed by atoms with Crippen molar-refractivity contribution in [3.63, 3.8) is 0 Å². The molecule has 1 aromatic heterocycles. The van der Waals surface area contributed by atoms with E-state index in [1.54, 1.807) is 0 Å². The van der Waals surface area contributed by atoms with Gasteiger partial charge in [0.2, 0.25) is 17.8 Å². The molecule has 10 heteroatoms. The Balaban J connectivity index is 2.28. The first-order valence-electron chi connectivity index (χ1n) is 7.11. The van der Waals surface area contributed by atoms with Gasteiger partial charge in [0, 0.05) is 17.6 Å². The van der Waals surface area contributed by atoms with E-state index in [1.807, 2.05) is 0 Å². The van der Waals surface area contributed by atoms with Crippen molar-refractivity contribution in [3.05, 3.63) is 46.1 Å². The first kappa shape index (κ1) is 16.8. The van der Waals surface area contributed by atoms with Gasteiger partial charge >= 0.3 is 0 Å². The highest BCUT2D eigenvalue weighted by molar-refractivity contribution is 6.31. The zero-order valence-corrected chi connectivity index (χ0v) is 13.6. The maximum Gasteiger partial charge on any atom is 0.287 e. The third-order valence-corrected chi connectivity index (χ3v) is 4.06. The number of rotatable bonds is 3. The number of benzene rings is 1. The minimum Gasteiger partial charge on any atom is -0.352 e. The van der Waals surface area contributed by atoms with E-state index in [9.17, 15) is 18.8 Å². The molecule has 1 aliphatic heterocycles. The topological polar surface area (TPSA) is 105 Å². The molecule has 1 unspecified atom stereocenters. The Morgan fingerprint density at radius 2 is 2.32 bits per heavy atom. The molecule has 0 fully saturated rings. The summed E-state index contributed by atoms with van der Waals surface area (Å²) in [6.07, 6.45) is 1.36. The van der Waals surface area contributed by atoms with Gasteiger partial charge in [0.1, 0.15) is 12.4 Å². The van der Waals surface area contributed by atoms with Crippen LogP contribution in [0.25, 0.3) is 0 Å². The number of aliphatic imine (C=N–C) groups is 1. The first-order chi connectivity index (χ1) is 12.0. The van der Waals surface area contributed by atoms with E-state index in [0.717, 1.165) is 6.07 Å². The summed E-state index contributed by atoms with van der Waals surface area (Å²) in [5, 5.41) is 5.25. The molecule has 2 N–H and O–H groups in total. The Bertz CT molecular complexity index is 935. The fourth-order valence-corrected chi connectivity index (χ4v) is 2.91. The van der Waals surface area contributed by atoms with Gasteiger partial charge < -0.3 is 15.2 Å². The van der Waals surface area contributed by atoms with E-state index in [2.05, 4.69) is 20.6 Å². The van der Waals surface area contributed by atoms with Gasteiger partial charge in [-0.25, -0.2) is 14.2 Å². The van der Waals surface area contributed by atoms with Crippen molar-refractivity contribution in [1.29, 1.82) is 0 Å². The summed E-state index contributed by atoms with van der Waals surface area (Å²) in [6, 6.07) is 2.75. The molecule has 0 saturated heterocycles. The van der Waals surface area contributed by atoms with Crippen molar-refractivity contribution in [2.24, 2.45) is 4.99 Å². The smallest absolute Gasteiger partial charge is 0.287 e. The highest BCUT2D eigenvalue weighted by Crippen LogP contribution is 2.36. The Morgan fingerprint density at radius 3 is 3.00 bits per heavy atom. The molecule has 0 saturated carbocycles. The van der Waals surface area contributed by atoms with Crippen LogP contribution < -0.4 is 10.6 Å². The number of fused-ring (bicyclic) bond motifs is 1. The number of isocyanates is 1. The molecule has 8 nitrogen and oxygen atoms in total. The van der Waals surface area contributed by atoms with E-state index in [-0.39, 0.29) is 34.5 Å². The Hall–Kier alpha value is -3.03. The summed E-state index contributed by atoms with van der Waals surface area (Å²) >= 11 is 6.13. The highest BCUT2D eigenvalue weighted by atomic mass is 35.5. The fourth-order valence-electron chi connectivity index (χ4n) is 2.69. The zero-order chi connectivity index (χ0) is 18.1. The van der Waals surface area contributed by atoms with Crippen LogP contribution in [0.4, 0.5) is 10.2 Å². The fraction of sp³-hybridized carbons (Fsp3) is 0.200. The lowest BCUT2D eigenvalue weighted by Crippen LogP contribution is -2.40. The molecule has 25 heavy (non-hydrogen) atoms. The Kier molecular flexibility index (Phi) is 4.35. The van der Waals surface area contributed by atoms with Crippen LogP contribution in [0, 0.1) is 5.82 Å². The molecule has 2 heterocycles.